The highest BCUT2D eigenvalue weighted by Gasteiger charge is 2.33. The van der Waals surface area contributed by atoms with Gasteiger partial charge in [-0.15, -0.1) is 5.06 Å². The molecule has 31 nitrogen and oxygen atoms in total. The fourth-order valence-corrected chi connectivity index (χ4v) is 7.58. The molecule has 76 heavy (non-hydrogen) atoms. The Bertz CT molecular complexity index is 2640. The second-order valence-electron chi connectivity index (χ2n) is 17.2. The maximum Gasteiger partial charge on any atom is 0.333 e. The Morgan fingerprint density at radius 1 is 0.579 bits per heavy atom. The predicted molar refractivity (Wildman–Crippen MR) is 259 cm³/mol. The number of carbonyl (C=O) groups excluding carboxylic acids is 12. The van der Waals surface area contributed by atoms with E-state index in [1.54, 1.807) is 0 Å². The number of imide groups is 1. The van der Waals surface area contributed by atoms with Gasteiger partial charge in [0.1, 0.15) is 35.4 Å². The average molecular weight is 1070 g/mol. The van der Waals surface area contributed by atoms with Crippen molar-refractivity contribution in [2.45, 2.75) is 95.9 Å². The van der Waals surface area contributed by atoms with Gasteiger partial charge in [-0.05, 0) is 75.6 Å². The van der Waals surface area contributed by atoms with Gasteiger partial charge in [0.2, 0.25) is 29.5 Å². The number of nitrogens with zero attached hydrogens (tertiary/aromatic N) is 5. The molecule has 4 bridgehead atoms. The van der Waals surface area contributed by atoms with Gasteiger partial charge < -0.3 is 82.5 Å². The monoisotopic (exact) mass is 1070 g/mol. The molecule has 1 saturated heterocycles. The largest absolute Gasteiger partial charge is 0.803 e. The van der Waals surface area contributed by atoms with Crippen LogP contribution in [0, 0.1) is 20.8 Å². The molecular formula is C45H56N12O19-4. The van der Waals surface area contributed by atoms with Crippen molar-refractivity contribution in [3.8, 4) is 0 Å². The van der Waals surface area contributed by atoms with E-state index in [4.69, 9.17) is 4.84 Å². The SMILES string of the molecule is O=C(CC(=O)N1CCCCN(C(=O)CC(=O)N[O-])CCCNC(=O)c2ccc(n([O-])c2=O)C(=O)N[C@@H](CCCCNC(=O)CCCC(=O)ON2C(=O)CCC2=O)CNC(=O)c2ccc(c(=O)n2[O-])C(=O)NCCC1)N[O-]. The summed E-state index contributed by atoms with van der Waals surface area (Å²) in [7, 11) is 0. The second-order valence-corrected chi connectivity index (χ2v) is 17.2. The van der Waals surface area contributed by atoms with Crippen molar-refractivity contribution in [2.75, 3.05) is 52.4 Å². The van der Waals surface area contributed by atoms with Crippen LogP contribution in [-0.4, -0.2) is 154 Å². The van der Waals surface area contributed by atoms with E-state index in [1.165, 1.54) is 9.80 Å². The summed E-state index contributed by atoms with van der Waals surface area (Å²) in [5, 5.41) is 60.7. The van der Waals surface area contributed by atoms with Gasteiger partial charge >= 0.3 is 5.97 Å². The number of unbranched alkanes of at least 4 members (excludes halogenated alkanes) is 1. The van der Waals surface area contributed by atoms with Gasteiger partial charge in [-0.1, -0.05) is 0 Å². The number of fused-ring (bicyclic) bond motifs is 2. The normalized spacial score (nSPS) is 16.7. The second kappa shape index (κ2) is 29.8. The Morgan fingerprint density at radius 3 is 1.57 bits per heavy atom. The Balaban J connectivity index is 1.50. The highest BCUT2D eigenvalue weighted by Crippen LogP contribution is 2.14. The zero-order valence-corrected chi connectivity index (χ0v) is 40.9. The van der Waals surface area contributed by atoms with Crippen molar-refractivity contribution in [1.29, 1.82) is 0 Å². The zero-order chi connectivity index (χ0) is 55.9. The molecule has 31 heteroatoms. The van der Waals surface area contributed by atoms with Crippen LogP contribution in [0.4, 0.5) is 0 Å². The first kappa shape index (κ1) is 59.8. The molecule has 0 unspecified atom stereocenters. The molecule has 6 heterocycles. The van der Waals surface area contributed by atoms with Gasteiger partial charge in [0.05, 0.1) is 0 Å². The third-order valence-corrected chi connectivity index (χ3v) is 11.6. The molecule has 7 N–H and O–H groups in total. The summed E-state index contributed by atoms with van der Waals surface area (Å²) in [6.07, 6.45) is -1.30. The molecule has 0 aromatic carbocycles. The van der Waals surface area contributed by atoms with E-state index in [0.717, 1.165) is 35.2 Å². The highest BCUT2D eigenvalue weighted by atomic mass is 16.7. The first-order chi connectivity index (χ1) is 36.2. The molecular weight excluding hydrogens is 1010 g/mol. The molecule has 6 rings (SSSR count). The summed E-state index contributed by atoms with van der Waals surface area (Å²) in [6.45, 7) is -1.04. The van der Waals surface area contributed by atoms with Crippen molar-refractivity contribution in [1.82, 2.24) is 61.9 Å². The number of hydrogen-bond donors (Lipinski definition) is 7. The van der Waals surface area contributed by atoms with Crippen molar-refractivity contribution in [3.63, 3.8) is 0 Å². The molecule has 414 valence electrons. The van der Waals surface area contributed by atoms with Crippen molar-refractivity contribution in [3.05, 3.63) is 88.3 Å². The number of pyridine rings is 2. The molecule has 2 aromatic heterocycles. The number of rotatable bonds is 14. The molecule has 4 aliphatic heterocycles. The van der Waals surface area contributed by atoms with Gasteiger partial charge in [0.25, 0.3) is 46.6 Å². The maximum absolute atomic E-state index is 13.5. The summed E-state index contributed by atoms with van der Waals surface area (Å²) < 4.78 is -0.692. The van der Waals surface area contributed by atoms with E-state index in [2.05, 4.69) is 26.6 Å². The number of hydrogen-bond acceptors (Lipinski definition) is 19. The van der Waals surface area contributed by atoms with Crippen molar-refractivity contribution in [2.24, 2.45) is 0 Å². The zero-order valence-electron chi connectivity index (χ0n) is 40.9. The van der Waals surface area contributed by atoms with Crippen LogP contribution in [0.2, 0.25) is 0 Å². The minimum Gasteiger partial charge on any atom is -0.803 e. The van der Waals surface area contributed by atoms with Gasteiger partial charge in [0.15, 0.2) is 0 Å². The molecule has 4 aliphatic rings. The number of amides is 11. The molecule has 1 atom stereocenters. The lowest BCUT2D eigenvalue weighted by Gasteiger charge is -2.26. The van der Waals surface area contributed by atoms with Gasteiger partial charge in [-0.2, -0.15) is 0 Å². The Labute approximate surface area is 431 Å². The van der Waals surface area contributed by atoms with Crippen LogP contribution >= 0.6 is 0 Å². The van der Waals surface area contributed by atoms with Crippen LogP contribution in [0.1, 0.15) is 132 Å². The number of carbonyl (C=O) groups is 12. The lowest BCUT2D eigenvalue weighted by atomic mass is 10.1. The first-order valence-corrected chi connectivity index (χ1v) is 24.0. The lowest BCUT2D eigenvalue weighted by Crippen LogP contribution is -2.46. The minimum atomic E-state index is -1.44. The van der Waals surface area contributed by atoms with E-state index in [1.807, 2.05) is 0 Å². The summed E-state index contributed by atoms with van der Waals surface area (Å²) >= 11 is 0. The average Bonchev–Trinajstić information content (AvgIpc) is 3.70. The maximum atomic E-state index is 13.5. The Morgan fingerprint density at radius 2 is 1.07 bits per heavy atom. The molecule has 2 aromatic rings. The number of hydroxylamine groups is 4. The summed E-state index contributed by atoms with van der Waals surface area (Å²) in [5.41, 5.74) is -3.55. The van der Waals surface area contributed by atoms with Gasteiger partial charge in [0, 0.05) is 84.1 Å². The number of nitrogens with one attached hydrogen (secondary N) is 7. The molecule has 0 spiro atoms. The number of aromatic nitrogens is 2. The van der Waals surface area contributed by atoms with Crippen LogP contribution in [0.3, 0.4) is 0 Å². The van der Waals surface area contributed by atoms with Crippen molar-refractivity contribution < 1.29 is 62.4 Å². The predicted octanol–water partition coefficient (Wildman–Crippen LogP) is -3.01. The van der Waals surface area contributed by atoms with Crippen LogP contribution in [-0.2, 0) is 43.2 Å². The lowest BCUT2D eigenvalue weighted by molar-refractivity contribution is -0.197. The van der Waals surface area contributed by atoms with Crippen molar-refractivity contribution >= 4 is 70.9 Å². The minimum absolute atomic E-state index is 0.0186. The highest BCUT2D eigenvalue weighted by molar-refractivity contribution is 6.02. The summed E-state index contributed by atoms with van der Waals surface area (Å²) in [4.78, 5) is 183. The van der Waals surface area contributed by atoms with E-state index < -0.39 is 130 Å². The molecule has 11 amide bonds. The molecule has 0 saturated carbocycles. The Hall–Kier alpha value is -8.74. The van der Waals surface area contributed by atoms with Crippen LogP contribution in [0.15, 0.2) is 33.9 Å². The first-order valence-electron chi connectivity index (χ1n) is 24.0. The molecule has 0 radical (unpaired) electrons. The van der Waals surface area contributed by atoms with E-state index in [-0.39, 0.29) is 132 Å². The fraction of sp³-hybridized carbons (Fsp3) is 0.511. The van der Waals surface area contributed by atoms with Gasteiger partial charge in [-0.25, -0.2) is 4.79 Å². The Kier molecular flexibility index (Phi) is 23.5. The van der Waals surface area contributed by atoms with Crippen LogP contribution < -0.4 is 48.7 Å². The van der Waals surface area contributed by atoms with E-state index >= 15 is 0 Å². The molecule has 0 aliphatic carbocycles. The summed E-state index contributed by atoms with van der Waals surface area (Å²) in [5.74, 6) is -10.8. The van der Waals surface area contributed by atoms with Gasteiger partial charge in [-0.3, -0.25) is 62.3 Å². The smallest absolute Gasteiger partial charge is 0.333 e. The van der Waals surface area contributed by atoms with Crippen LogP contribution in [0.25, 0.3) is 0 Å². The van der Waals surface area contributed by atoms with Crippen LogP contribution in [0.5, 0.6) is 0 Å². The fourth-order valence-electron chi connectivity index (χ4n) is 7.58. The topological polar surface area (TPSA) is 444 Å². The summed E-state index contributed by atoms with van der Waals surface area (Å²) in [6, 6.07) is 2.52. The standard InChI is InChI=1S/C45H56N12O19/c58-32(9-5-10-39(65)76-57-35(61)15-16-36(57)62)46-17-2-1-8-27-26-49-42(68)30-13-11-28(44(70)55(30)74)40(66)47-18-6-22-53(37(63)24-33(59)51-72)20-3-4-21-54(38(64)25-34(60)52-73)23-7-19-48-41(67)29-12-14-31(43(69)50-27)56(75)45(29)71/h11-14,27H,1-10,15-26H2,(H7-2,46,47,48,49,50,51,52,58,59,60,66,67,68,69,70,71,72,73)/q-4/t27-/m0/s1. The third kappa shape index (κ3) is 18.0. The molecule has 1 fully saturated rings. The third-order valence-electron chi connectivity index (χ3n) is 11.6. The quantitative estimate of drug-likeness (QED) is 0.0429. The van der Waals surface area contributed by atoms with E-state index in [9.17, 15) is 88.0 Å². The van der Waals surface area contributed by atoms with E-state index in [0.29, 0.717) is 5.06 Å².